The van der Waals surface area contributed by atoms with Gasteiger partial charge in [-0.25, -0.2) is 0 Å². The molecule has 0 aliphatic rings. The van der Waals surface area contributed by atoms with Gasteiger partial charge in [-0.2, -0.15) is 13.2 Å². The molecule has 0 bridgehead atoms. The Morgan fingerprint density at radius 1 is 1.36 bits per heavy atom. The molecule has 0 heterocycles. The molecule has 14 heavy (non-hydrogen) atoms. The number of nitrogens with two attached hydrogens (primary N) is 1. The van der Waals surface area contributed by atoms with Gasteiger partial charge in [-0.05, 0) is 12.1 Å². The maximum atomic E-state index is 12.5. The minimum atomic E-state index is -4.52. The van der Waals surface area contributed by atoms with Gasteiger partial charge in [0, 0.05) is 15.7 Å². The molecule has 0 amide bonds. The predicted octanol–water partition coefficient (Wildman–Crippen LogP) is 2.54. The van der Waals surface area contributed by atoms with Crippen LogP contribution in [0.15, 0.2) is 16.6 Å². The lowest BCUT2D eigenvalue weighted by Gasteiger charge is -2.14. The Labute approximate surface area is 86.7 Å². The molecule has 0 saturated heterocycles. The highest BCUT2D eigenvalue weighted by Gasteiger charge is 2.36. The van der Waals surface area contributed by atoms with Gasteiger partial charge < -0.3 is 10.8 Å². The van der Waals surface area contributed by atoms with Crippen LogP contribution in [-0.2, 0) is 12.8 Å². The number of halogens is 4. The Morgan fingerprint density at radius 3 is 2.29 bits per heavy atom. The number of rotatable bonds is 1. The molecule has 6 heteroatoms. The average molecular weight is 270 g/mol. The van der Waals surface area contributed by atoms with Gasteiger partial charge in [0.25, 0.3) is 0 Å². The van der Waals surface area contributed by atoms with Gasteiger partial charge in [-0.15, -0.1) is 0 Å². The summed E-state index contributed by atoms with van der Waals surface area (Å²) in [5.41, 5.74) is 4.03. The lowest BCUT2D eigenvalue weighted by Crippen LogP contribution is -2.12. The number of benzene rings is 1. The molecule has 1 aromatic carbocycles. The summed E-state index contributed by atoms with van der Waals surface area (Å²) >= 11 is 2.77. The van der Waals surface area contributed by atoms with Gasteiger partial charge in [-0.3, -0.25) is 0 Å². The fourth-order valence-corrected chi connectivity index (χ4v) is 1.71. The maximum Gasteiger partial charge on any atom is 0.417 e. The summed E-state index contributed by atoms with van der Waals surface area (Å²) in [6.07, 6.45) is -4.52. The van der Waals surface area contributed by atoms with E-state index in [0.29, 0.717) is 0 Å². The molecule has 0 aliphatic heterocycles. The van der Waals surface area contributed by atoms with E-state index in [-0.39, 0.29) is 15.7 Å². The van der Waals surface area contributed by atoms with Crippen molar-refractivity contribution in [3.05, 3.63) is 27.7 Å². The largest absolute Gasteiger partial charge is 0.417 e. The molecular weight excluding hydrogens is 263 g/mol. The third kappa shape index (κ3) is 2.01. The van der Waals surface area contributed by atoms with E-state index in [1.54, 1.807) is 0 Å². The molecule has 0 fully saturated rings. The van der Waals surface area contributed by atoms with Crippen LogP contribution in [0.2, 0.25) is 0 Å². The first-order valence-electron chi connectivity index (χ1n) is 3.63. The van der Waals surface area contributed by atoms with Crippen molar-refractivity contribution in [2.24, 2.45) is 0 Å². The zero-order valence-corrected chi connectivity index (χ0v) is 8.48. The molecule has 1 aromatic rings. The molecule has 78 valence electrons. The number of nitrogen functional groups attached to an aromatic ring is 1. The summed E-state index contributed by atoms with van der Waals surface area (Å²) in [5.74, 6) is 0. The Bertz CT molecular complexity index is 351. The summed E-state index contributed by atoms with van der Waals surface area (Å²) in [4.78, 5) is 0. The van der Waals surface area contributed by atoms with Crippen LogP contribution >= 0.6 is 15.9 Å². The molecule has 0 radical (unpaired) electrons. The number of aliphatic hydroxyl groups excluding tert-OH is 1. The van der Waals surface area contributed by atoms with Gasteiger partial charge in [0.2, 0.25) is 0 Å². The second-order valence-corrected chi connectivity index (χ2v) is 3.50. The number of alkyl halides is 3. The van der Waals surface area contributed by atoms with Gasteiger partial charge in [0.05, 0.1) is 12.2 Å². The number of aliphatic hydroxyl groups is 1. The van der Waals surface area contributed by atoms with Crippen LogP contribution in [0.1, 0.15) is 11.1 Å². The Balaban J connectivity index is 3.46. The lowest BCUT2D eigenvalue weighted by atomic mass is 10.1. The van der Waals surface area contributed by atoms with E-state index in [1.165, 1.54) is 12.1 Å². The zero-order valence-electron chi connectivity index (χ0n) is 6.90. The van der Waals surface area contributed by atoms with Crippen LogP contribution in [0.25, 0.3) is 0 Å². The molecule has 0 saturated carbocycles. The first kappa shape index (κ1) is 11.3. The van der Waals surface area contributed by atoms with Crippen molar-refractivity contribution in [1.82, 2.24) is 0 Å². The highest BCUT2D eigenvalue weighted by atomic mass is 79.9. The molecule has 2 nitrogen and oxygen atoms in total. The van der Waals surface area contributed by atoms with Crippen LogP contribution in [0, 0.1) is 0 Å². The molecule has 3 N–H and O–H groups in total. The highest BCUT2D eigenvalue weighted by molar-refractivity contribution is 9.10. The van der Waals surface area contributed by atoms with Gasteiger partial charge >= 0.3 is 6.18 Å². The second-order valence-electron chi connectivity index (χ2n) is 2.65. The fourth-order valence-electron chi connectivity index (χ4n) is 1.11. The van der Waals surface area contributed by atoms with Crippen molar-refractivity contribution < 1.29 is 18.3 Å². The van der Waals surface area contributed by atoms with Crippen LogP contribution in [0.4, 0.5) is 18.9 Å². The standard InChI is InChI=1S/C8H7BrF3NO/c9-5-1-2-6(13)4(3-14)7(5)8(10,11)12/h1-2,14H,3,13H2. The summed E-state index contributed by atoms with van der Waals surface area (Å²) in [6, 6.07) is 2.52. The predicted molar refractivity (Wildman–Crippen MR) is 49.5 cm³/mol. The van der Waals surface area contributed by atoms with Crippen molar-refractivity contribution in [3.8, 4) is 0 Å². The Hall–Kier alpha value is -0.750. The van der Waals surface area contributed by atoms with Crippen LogP contribution in [0.3, 0.4) is 0 Å². The van der Waals surface area contributed by atoms with Crippen LogP contribution < -0.4 is 5.73 Å². The van der Waals surface area contributed by atoms with Crippen molar-refractivity contribution in [2.75, 3.05) is 5.73 Å². The van der Waals surface area contributed by atoms with E-state index in [0.717, 1.165) is 0 Å². The summed E-state index contributed by atoms with van der Waals surface area (Å²) in [5, 5.41) is 8.79. The second kappa shape index (κ2) is 3.78. The minimum Gasteiger partial charge on any atom is -0.398 e. The van der Waals surface area contributed by atoms with E-state index < -0.39 is 18.3 Å². The Kier molecular flexibility index (Phi) is 3.06. The highest BCUT2D eigenvalue weighted by Crippen LogP contribution is 2.39. The molecule has 0 unspecified atom stereocenters. The number of hydrogen-bond acceptors (Lipinski definition) is 2. The van der Waals surface area contributed by atoms with E-state index in [4.69, 9.17) is 10.8 Å². The molecule has 1 rings (SSSR count). The molecule has 0 spiro atoms. The normalized spacial score (nSPS) is 11.8. The summed E-state index contributed by atoms with van der Waals surface area (Å²) < 4.78 is 37.3. The SMILES string of the molecule is Nc1ccc(Br)c(C(F)(F)F)c1CO. The molecule has 0 atom stereocenters. The fraction of sp³-hybridized carbons (Fsp3) is 0.250. The average Bonchev–Trinajstić information content (AvgIpc) is 2.06. The third-order valence-corrected chi connectivity index (χ3v) is 2.40. The Morgan fingerprint density at radius 2 is 1.93 bits per heavy atom. The van der Waals surface area contributed by atoms with E-state index in [9.17, 15) is 13.2 Å². The van der Waals surface area contributed by atoms with Crippen molar-refractivity contribution in [3.63, 3.8) is 0 Å². The summed E-state index contributed by atoms with van der Waals surface area (Å²) in [7, 11) is 0. The first-order chi connectivity index (χ1) is 6.38. The summed E-state index contributed by atoms with van der Waals surface area (Å²) in [6.45, 7) is -0.736. The number of hydrogen-bond donors (Lipinski definition) is 2. The van der Waals surface area contributed by atoms with Gasteiger partial charge in [0.1, 0.15) is 0 Å². The molecule has 0 aromatic heterocycles. The monoisotopic (exact) mass is 269 g/mol. The van der Waals surface area contributed by atoms with Crippen LogP contribution in [0.5, 0.6) is 0 Å². The van der Waals surface area contributed by atoms with E-state index in [2.05, 4.69) is 15.9 Å². The smallest absolute Gasteiger partial charge is 0.398 e. The lowest BCUT2D eigenvalue weighted by molar-refractivity contribution is -0.139. The van der Waals surface area contributed by atoms with Crippen LogP contribution in [-0.4, -0.2) is 5.11 Å². The quantitative estimate of drug-likeness (QED) is 0.770. The zero-order chi connectivity index (χ0) is 10.9. The first-order valence-corrected chi connectivity index (χ1v) is 4.42. The van der Waals surface area contributed by atoms with Crippen molar-refractivity contribution in [2.45, 2.75) is 12.8 Å². The minimum absolute atomic E-state index is 0.0666. The maximum absolute atomic E-state index is 12.5. The van der Waals surface area contributed by atoms with Gasteiger partial charge in [-0.1, -0.05) is 15.9 Å². The topological polar surface area (TPSA) is 46.2 Å². The van der Waals surface area contributed by atoms with Crippen molar-refractivity contribution >= 4 is 21.6 Å². The van der Waals surface area contributed by atoms with E-state index in [1.807, 2.05) is 0 Å². The molecular formula is C8H7BrF3NO. The van der Waals surface area contributed by atoms with E-state index >= 15 is 0 Å². The number of anilines is 1. The van der Waals surface area contributed by atoms with Crippen molar-refractivity contribution in [1.29, 1.82) is 0 Å². The third-order valence-electron chi connectivity index (χ3n) is 1.74. The molecule has 0 aliphatic carbocycles. The van der Waals surface area contributed by atoms with Gasteiger partial charge in [0.15, 0.2) is 0 Å².